The molecule has 0 atom stereocenters. The van der Waals surface area contributed by atoms with Gasteiger partial charge in [0.1, 0.15) is 5.75 Å². The molecule has 0 unspecified atom stereocenters. The van der Waals surface area contributed by atoms with Gasteiger partial charge < -0.3 is 4.74 Å². The van der Waals surface area contributed by atoms with Crippen LogP contribution in [0.4, 0.5) is 5.69 Å². The van der Waals surface area contributed by atoms with Gasteiger partial charge in [0.2, 0.25) is 0 Å². The second-order valence-corrected chi connectivity index (χ2v) is 2.16. The van der Waals surface area contributed by atoms with E-state index in [0.717, 1.165) is 0 Å². The zero-order valence-electron chi connectivity index (χ0n) is 6.57. The molecule has 60 valence electrons. The van der Waals surface area contributed by atoms with Crippen LogP contribution in [0.25, 0.3) is 4.85 Å². The molecule has 0 radical (unpaired) electrons. The van der Waals surface area contributed by atoms with E-state index >= 15 is 0 Å². The Labute approximate surface area is 70.4 Å². The summed E-state index contributed by atoms with van der Waals surface area (Å²) >= 11 is 0. The lowest BCUT2D eigenvalue weighted by molar-refractivity contribution is 0.112. The minimum atomic E-state index is 0.443. The fraction of sp³-hybridized carbons (Fsp3) is 0.111. The van der Waals surface area contributed by atoms with E-state index in [1.165, 1.54) is 13.2 Å². The number of carbonyl (C=O) groups excluding carboxylic acids is 1. The van der Waals surface area contributed by atoms with Gasteiger partial charge in [-0.15, -0.1) is 0 Å². The van der Waals surface area contributed by atoms with Crippen LogP contribution in [0.3, 0.4) is 0 Å². The predicted molar refractivity (Wildman–Crippen MR) is 44.6 cm³/mol. The molecule has 0 N–H and O–H groups in total. The average Bonchev–Trinajstić information content (AvgIpc) is 2.16. The van der Waals surface area contributed by atoms with Crippen LogP contribution in [0.2, 0.25) is 0 Å². The number of methoxy groups -OCH3 is 1. The van der Waals surface area contributed by atoms with Gasteiger partial charge in [0.05, 0.1) is 19.2 Å². The lowest BCUT2D eigenvalue weighted by Gasteiger charge is -2.02. The summed E-state index contributed by atoms with van der Waals surface area (Å²) in [6, 6.07) is 4.69. The van der Waals surface area contributed by atoms with E-state index in [0.29, 0.717) is 23.3 Å². The van der Waals surface area contributed by atoms with Crippen molar-refractivity contribution in [3.05, 3.63) is 35.2 Å². The second-order valence-electron chi connectivity index (χ2n) is 2.16. The van der Waals surface area contributed by atoms with Crippen molar-refractivity contribution < 1.29 is 9.53 Å². The van der Waals surface area contributed by atoms with Crippen LogP contribution in [0.15, 0.2) is 18.2 Å². The maximum absolute atomic E-state index is 10.4. The van der Waals surface area contributed by atoms with Crippen LogP contribution in [0, 0.1) is 6.57 Å². The number of hydrogen-bond acceptors (Lipinski definition) is 2. The van der Waals surface area contributed by atoms with Gasteiger partial charge in [0.25, 0.3) is 0 Å². The zero-order chi connectivity index (χ0) is 8.97. The second kappa shape index (κ2) is 3.54. The average molecular weight is 161 g/mol. The fourth-order valence-corrected chi connectivity index (χ4v) is 0.867. The molecule has 0 aliphatic carbocycles. The normalized spacial score (nSPS) is 8.67. The van der Waals surface area contributed by atoms with Crippen molar-refractivity contribution in [1.29, 1.82) is 0 Å². The summed E-state index contributed by atoms with van der Waals surface area (Å²) in [5.41, 5.74) is 0.933. The largest absolute Gasteiger partial charge is 0.497 e. The number of benzene rings is 1. The molecule has 0 saturated heterocycles. The highest BCUT2D eigenvalue weighted by Gasteiger charge is 2.01. The zero-order valence-corrected chi connectivity index (χ0v) is 6.57. The van der Waals surface area contributed by atoms with Gasteiger partial charge in [0, 0.05) is 0 Å². The molecular formula is C9H7NO2. The Kier molecular flexibility index (Phi) is 2.44. The summed E-state index contributed by atoms with van der Waals surface area (Å²) in [6.07, 6.45) is 0.701. The molecule has 3 nitrogen and oxygen atoms in total. The Morgan fingerprint density at radius 1 is 1.58 bits per heavy atom. The van der Waals surface area contributed by atoms with E-state index in [2.05, 4.69) is 4.85 Å². The SMILES string of the molecule is [C-]#[N+]c1ccc(C=O)c(OC)c1. The van der Waals surface area contributed by atoms with Gasteiger partial charge in [-0.25, -0.2) is 4.85 Å². The van der Waals surface area contributed by atoms with Crippen LogP contribution in [0.1, 0.15) is 10.4 Å². The minimum Gasteiger partial charge on any atom is -0.497 e. The van der Waals surface area contributed by atoms with Gasteiger partial charge in [-0.2, -0.15) is 0 Å². The summed E-state index contributed by atoms with van der Waals surface area (Å²) in [6.45, 7) is 6.72. The van der Waals surface area contributed by atoms with E-state index in [1.807, 2.05) is 0 Å². The lowest BCUT2D eigenvalue weighted by atomic mass is 10.2. The monoisotopic (exact) mass is 161 g/mol. The van der Waals surface area contributed by atoms with Crippen LogP contribution < -0.4 is 4.74 Å². The van der Waals surface area contributed by atoms with Gasteiger partial charge >= 0.3 is 0 Å². The fourth-order valence-electron chi connectivity index (χ4n) is 0.867. The first-order chi connectivity index (χ1) is 5.81. The number of carbonyl (C=O) groups is 1. The van der Waals surface area contributed by atoms with Crippen LogP contribution in [-0.2, 0) is 0 Å². The van der Waals surface area contributed by atoms with Gasteiger partial charge in [-0.3, -0.25) is 4.79 Å². The minimum absolute atomic E-state index is 0.443. The molecule has 1 rings (SSSR count). The molecule has 0 spiro atoms. The van der Waals surface area contributed by atoms with Crippen molar-refractivity contribution in [1.82, 2.24) is 0 Å². The molecular weight excluding hydrogens is 154 g/mol. The molecule has 0 heterocycles. The van der Waals surface area contributed by atoms with Crippen LogP contribution in [0.5, 0.6) is 5.75 Å². The van der Waals surface area contributed by atoms with Crippen LogP contribution >= 0.6 is 0 Å². The molecule has 0 aliphatic heterocycles. The summed E-state index contributed by atoms with van der Waals surface area (Å²) in [7, 11) is 1.47. The standard InChI is InChI=1S/C9H7NO2/c1-10-8-4-3-7(6-11)9(5-8)12-2/h3-6H,2H3. The maximum atomic E-state index is 10.4. The molecule has 12 heavy (non-hydrogen) atoms. The molecule has 0 bridgehead atoms. The first kappa shape index (κ1) is 8.28. The highest BCUT2D eigenvalue weighted by atomic mass is 16.5. The topological polar surface area (TPSA) is 30.7 Å². The highest BCUT2D eigenvalue weighted by Crippen LogP contribution is 2.23. The third kappa shape index (κ3) is 1.43. The predicted octanol–water partition coefficient (Wildman–Crippen LogP) is 2.06. The van der Waals surface area contributed by atoms with Crippen molar-refractivity contribution in [2.24, 2.45) is 0 Å². The van der Waals surface area contributed by atoms with Crippen LogP contribution in [-0.4, -0.2) is 13.4 Å². The van der Waals surface area contributed by atoms with E-state index in [9.17, 15) is 4.79 Å². The number of ether oxygens (including phenoxy) is 1. The molecule has 3 heteroatoms. The van der Waals surface area contributed by atoms with Crippen molar-refractivity contribution in [3.63, 3.8) is 0 Å². The number of rotatable bonds is 2. The molecule has 0 aromatic heterocycles. The number of hydrogen-bond donors (Lipinski definition) is 0. The molecule has 0 aliphatic rings. The highest BCUT2D eigenvalue weighted by molar-refractivity contribution is 5.80. The Hall–Kier alpha value is -1.82. The first-order valence-corrected chi connectivity index (χ1v) is 3.32. The van der Waals surface area contributed by atoms with E-state index in [-0.39, 0.29) is 0 Å². The third-order valence-corrected chi connectivity index (χ3v) is 1.47. The Bertz CT molecular complexity index is 339. The number of aldehydes is 1. The smallest absolute Gasteiger partial charge is 0.190 e. The summed E-state index contributed by atoms with van der Waals surface area (Å²) < 4.78 is 4.90. The Morgan fingerprint density at radius 2 is 2.33 bits per heavy atom. The van der Waals surface area contributed by atoms with E-state index in [1.54, 1.807) is 12.1 Å². The van der Waals surface area contributed by atoms with Gasteiger partial charge in [-0.1, -0.05) is 12.1 Å². The summed E-state index contributed by atoms with van der Waals surface area (Å²) in [5, 5.41) is 0. The van der Waals surface area contributed by atoms with Crippen molar-refractivity contribution in [2.45, 2.75) is 0 Å². The van der Waals surface area contributed by atoms with Gasteiger partial charge in [0.15, 0.2) is 12.0 Å². The van der Waals surface area contributed by atoms with Crippen molar-refractivity contribution in [3.8, 4) is 5.75 Å². The van der Waals surface area contributed by atoms with Crippen molar-refractivity contribution in [2.75, 3.05) is 7.11 Å². The summed E-state index contributed by atoms with van der Waals surface area (Å²) in [4.78, 5) is 13.6. The van der Waals surface area contributed by atoms with Crippen molar-refractivity contribution >= 4 is 12.0 Å². The summed E-state index contributed by atoms with van der Waals surface area (Å²) in [5.74, 6) is 0.443. The third-order valence-electron chi connectivity index (χ3n) is 1.47. The van der Waals surface area contributed by atoms with E-state index in [4.69, 9.17) is 11.3 Å². The van der Waals surface area contributed by atoms with E-state index < -0.39 is 0 Å². The van der Waals surface area contributed by atoms with Gasteiger partial charge in [-0.05, 0) is 6.07 Å². The maximum Gasteiger partial charge on any atom is 0.190 e. The Balaban J connectivity index is 3.21. The lowest BCUT2D eigenvalue weighted by Crippen LogP contribution is -1.88. The quantitative estimate of drug-likeness (QED) is 0.491. The molecule has 0 amide bonds. The molecule has 1 aromatic rings. The first-order valence-electron chi connectivity index (χ1n) is 3.32. The number of nitrogens with zero attached hydrogens (tertiary/aromatic N) is 1. The molecule has 0 fully saturated rings. The molecule has 1 aromatic carbocycles. The Morgan fingerprint density at radius 3 is 2.83 bits per heavy atom. The molecule has 0 saturated carbocycles.